The van der Waals surface area contributed by atoms with Crippen molar-refractivity contribution < 1.29 is 4.74 Å². The zero-order chi connectivity index (χ0) is 18.1. The molecule has 0 saturated heterocycles. The van der Waals surface area contributed by atoms with E-state index in [2.05, 4.69) is 53.9 Å². The van der Waals surface area contributed by atoms with Crippen LogP contribution in [0.1, 0.15) is 33.3 Å². The molecule has 1 aromatic rings. The zero-order valence-corrected chi connectivity index (χ0v) is 16.3. The normalized spacial score (nSPS) is 12.2. The maximum Gasteiger partial charge on any atom is 0.193 e. The summed E-state index contributed by atoms with van der Waals surface area (Å²) >= 11 is 0. The third-order valence-corrected chi connectivity index (χ3v) is 4.15. The van der Waals surface area contributed by atoms with Crippen LogP contribution >= 0.6 is 0 Å². The lowest BCUT2D eigenvalue weighted by Crippen LogP contribution is -2.45. The number of aliphatic imine (C=N–C) groups is 1. The van der Waals surface area contributed by atoms with Crippen LogP contribution < -0.4 is 10.1 Å². The van der Waals surface area contributed by atoms with Crippen LogP contribution in [0.5, 0.6) is 5.75 Å². The van der Waals surface area contributed by atoms with Gasteiger partial charge in [-0.05, 0) is 33.8 Å². The number of hydrogen-bond donors (Lipinski definition) is 1. The lowest BCUT2D eigenvalue weighted by atomic mass is 10.2. The van der Waals surface area contributed by atoms with Gasteiger partial charge in [-0.25, -0.2) is 0 Å². The Labute approximate surface area is 147 Å². The summed E-state index contributed by atoms with van der Waals surface area (Å²) in [6, 6.07) is 9.18. The van der Waals surface area contributed by atoms with Crippen LogP contribution in [0.4, 0.5) is 0 Å². The van der Waals surface area contributed by atoms with E-state index in [1.807, 2.05) is 32.3 Å². The molecule has 0 fully saturated rings. The number of nitrogens with zero attached hydrogens (tertiary/aromatic N) is 3. The monoisotopic (exact) mass is 334 g/mol. The summed E-state index contributed by atoms with van der Waals surface area (Å²) < 4.78 is 5.43. The van der Waals surface area contributed by atoms with Crippen LogP contribution in [0.25, 0.3) is 0 Å². The Kier molecular flexibility index (Phi) is 8.61. The number of benzene rings is 1. The third-order valence-electron chi connectivity index (χ3n) is 4.15. The number of methoxy groups -OCH3 is 1. The van der Waals surface area contributed by atoms with Crippen molar-refractivity contribution in [3.63, 3.8) is 0 Å². The molecule has 0 heterocycles. The number of rotatable bonds is 8. The minimum Gasteiger partial charge on any atom is -0.496 e. The standard InChI is InChI=1S/C19H34N4O/c1-15(2)23(16(3)4)13-12-21-19(20-5)22(6)14-17-10-8-9-11-18(17)24-7/h8-11,15-16H,12-14H2,1-7H3,(H,20,21). The van der Waals surface area contributed by atoms with E-state index in [9.17, 15) is 0 Å². The van der Waals surface area contributed by atoms with Crippen LogP contribution in [0.2, 0.25) is 0 Å². The molecule has 0 radical (unpaired) electrons. The van der Waals surface area contributed by atoms with Gasteiger partial charge in [-0.2, -0.15) is 0 Å². The van der Waals surface area contributed by atoms with Crippen molar-refractivity contribution in [2.24, 2.45) is 4.99 Å². The molecule has 0 amide bonds. The fourth-order valence-corrected chi connectivity index (χ4v) is 2.96. The van der Waals surface area contributed by atoms with Gasteiger partial charge in [0.15, 0.2) is 5.96 Å². The van der Waals surface area contributed by atoms with Crippen LogP contribution in [0, 0.1) is 0 Å². The molecule has 1 aromatic carbocycles. The number of guanidine groups is 1. The number of hydrogen-bond acceptors (Lipinski definition) is 3. The summed E-state index contributed by atoms with van der Waals surface area (Å²) in [5.74, 6) is 1.80. The quantitative estimate of drug-likeness (QED) is 0.586. The molecule has 1 N–H and O–H groups in total. The van der Waals surface area contributed by atoms with Gasteiger partial charge < -0.3 is 15.0 Å². The number of ether oxygens (including phenoxy) is 1. The number of nitrogens with one attached hydrogen (secondary N) is 1. The molecule has 0 aliphatic carbocycles. The average molecular weight is 335 g/mol. The van der Waals surface area contributed by atoms with E-state index in [0.717, 1.165) is 36.9 Å². The Morgan fingerprint density at radius 3 is 2.33 bits per heavy atom. The molecule has 24 heavy (non-hydrogen) atoms. The summed E-state index contributed by atoms with van der Waals surface area (Å²) in [7, 11) is 5.58. The Morgan fingerprint density at radius 1 is 1.17 bits per heavy atom. The topological polar surface area (TPSA) is 40.1 Å². The fraction of sp³-hybridized carbons (Fsp3) is 0.632. The molecule has 0 aromatic heterocycles. The molecule has 0 aliphatic heterocycles. The summed E-state index contributed by atoms with van der Waals surface area (Å²) in [6.45, 7) is 11.6. The second-order valence-corrected chi connectivity index (χ2v) is 6.57. The van der Waals surface area contributed by atoms with Gasteiger partial charge in [-0.15, -0.1) is 0 Å². The van der Waals surface area contributed by atoms with E-state index in [4.69, 9.17) is 4.74 Å². The van der Waals surface area contributed by atoms with Crippen LogP contribution in [-0.4, -0.2) is 62.1 Å². The molecule has 0 aliphatic rings. The van der Waals surface area contributed by atoms with Crippen molar-refractivity contribution >= 4 is 5.96 Å². The van der Waals surface area contributed by atoms with Gasteiger partial charge in [0.05, 0.1) is 7.11 Å². The Morgan fingerprint density at radius 2 is 1.79 bits per heavy atom. The smallest absolute Gasteiger partial charge is 0.193 e. The maximum atomic E-state index is 5.43. The summed E-state index contributed by atoms with van der Waals surface area (Å²) in [5.41, 5.74) is 1.15. The van der Waals surface area contributed by atoms with E-state index in [0.29, 0.717) is 12.1 Å². The second kappa shape index (κ2) is 10.2. The molecule has 0 bridgehead atoms. The maximum absolute atomic E-state index is 5.43. The van der Waals surface area contributed by atoms with E-state index >= 15 is 0 Å². The minimum atomic E-state index is 0.542. The fourth-order valence-electron chi connectivity index (χ4n) is 2.96. The van der Waals surface area contributed by atoms with Gasteiger partial charge in [-0.3, -0.25) is 9.89 Å². The van der Waals surface area contributed by atoms with Crippen molar-refractivity contribution in [2.75, 3.05) is 34.3 Å². The van der Waals surface area contributed by atoms with Crippen LogP contribution in [-0.2, 0) is 6.54 Å². The van der Waals surface area contributed by atoms with Crippen molar-refractivity contribution in [3.05, 3.63) is 29.8 Å². The first-order valence-corrected chi connectivity index (χ1v) is 8.70. The van der Waals surface area contributed by atoms with E-state index in [-0.39, 0.29) is 0 Å². The predicted octanol–water partition coefficient (Wildman–Crippen LogP) is 2.82. The summed E-state index contributed by atoms with van der Waals surface area (Å²) in [4.78, 5) is 8.99. The van der Waals surface area contributed by atoms with Crippen molar-refractivity contribution in [3.8, 4) is 5.75 Å². The third kappa shape index (κ3) is 6.04. The molecular weight excluding hydrogens is 300 g/mol. The molecule has 0 unspecified atom stereocenters. The van der Waals surface area contributed by atoms with Gasteiger partial charge in [0, 0.05) is 51.4 Å². The highest BCUT2D eigenvalue weighted by atomic mass is 16.5. The zero-order valence-electron chi connectivity index (χ0n) is 16.3. The highest BCUT2D eigenvalue weighted by Crippen LogP contribution is 2.18. The molecular formula is C19H34N4O. The average Bonchev–Trinajstić information content (AvgIpc) is 2.54. The first-order valence-electron chi connectivity index (χ1n) is 8.70. The highest BCUT2D eigenvalue weighted by molar-refractivity contribution is 5.79. The van der Waals surface area contributed by atoms with Crippen LogP contribution in [0.15, 0.2) is 29.3 Å². The van der Waals surface area contributed by atoms with E-state index < -0.39 is 0 Å². The second-order valence-electron chi connectivity index (χ2n) is 6.57. The summed E-state index contributed by atoms with van der Waals surface area (Å²) in [6.07, 6.45) is 0. The predicted molar refractivity (Wildman–Crippen MR) is 103 cm³/mol. The van der Waals surface area contributed by atoms with Gasteiger partial charge in [0.1, 0.15) is 5.75 Å². The molecule has 0 saturated carbocycles. The van der Waals surface area contributed by atoms with Gasteiger partial charge in [-0.1, -0.05) is 18.2 Å². The lowest BCUT2D eigenvalue weighted by Gasteiger charge is -2.31. The lowest BCUT2D eigenvalue weighted by molar-refractivity contribution is 0.178. The molecule has 5 nitrogen and oxygen atoms in total. The SMILES string of the molecule is CN=C(NCCN(C(C)C)C(C)C)N(C)Cc1ccccc1OC. The van der Waals surface area contributed by atoms with Crippen molar-refractivity contribution in [1.29, 1.82) is 0 Å². The molecule has 136 valence electrons. The number of para-hydroxylation sites is 1. The molecule has 1 rings (SSSR count). The first-order chi connectivity index (χ1) is 11.4. The Balaban J connectivity index is 2.60. The highest BCUT2D eigenvalue weighted by Gasteiger charge is 2.14. The van der Waals surface area contributed by atoms with Gasteiger partial charge in [0.25, 0.3) is 0 Å². The Bertz CT molecular complexity index is 506. The molecule has 5 heteroatoms. The largest absolute Gasteiger partial charge is 0.496 e. The summed E-state index contributed by atoms with van der Waals surface area (Å²) in [5, 5.41) is 3.46. The van der Waals surface area contributed by atoms with E-state index in [1.165, 1.54) is 0 Å². The van der Waals surface area contributed by atoms with Crippen molar-refractivity contribution in [1.82, 2.24) is 15.1 Å². The van der Waals surface area contributed by atoms with Gasteiger partial charge in [0.2, 0.25) is 0 Å². The minimum absolute atomic E-state index is 0.542. The first kappa shape index (κ1) is 20.3. The van der Waals surface area contributed by atoms with E-state index in [1.54, 1.807) is 7.11 Å². The van der Waals surface area contributed by atoms with Crippen molar-refractivity contribution in [2.45, 2.75) is 46.3 Å². The Hall–Kier alpha value is -1.75. The molecule has 0 atom stereocenters. The van der Waals surface area contributed by atoms with Crippen LogP contribution in [0.3, 0.4) is 0 Å². The molecule has 0 spiro atoms. The van der Waals surface area contributed by atoms with Gasteiger partial charge >= 0.3 is 0 Å².